The second-order valence-electron chi connectivity index (χ2n) is 8.27. The number of amidine groups is 1. The lowest BCUT2D eigenvalue weighted by molar-refractivity contribution is -0.189. The van der Waals surface area contributed by atoms with Crippen molar-refractivity contribution in [2.45, 2.75) is 32.4 Å². The largest absolute Gasteiger partial charge is 0.495 e. The van der Waals surface area contributed by atoms with Crippen molar-refractivity contribution in [2.24, 2.45) is 5.16 Å². The van der Waals surface area contributed by atoms with E-state index in [2.05, 4.69) is 9.88 Å². The Kier molecular flexibility index (Phi) is 7.21. The summed E-state index contributed by atoms with van der Waals surface area (Å²) < 4.78 is 50.9. The molecule has 0 aliphatic carbocycles. The third-order valence-electron chi connectivity index (χ3n) is 6.01. The molecule has 1 atom stereocenters. The van der Waals surface area contributed by atoms with Crippen LogP contribution in [0.5, 0.6) is 5.75 Å². The van der Waals surface area contributed by atoms with Gasteiger partial charge < -0.3 is 19.2 Å². The first-order valence-electron chi connectivity index (χ1n) is 11.6. The third kappa shape index (κ3) is 4.75. The number of benzene rings is 2. The summed E-state index contributed by atoms with van der Waals surface area (Å²) in [7, 11) is -2.01. The van der Waals surface area contributed by atoms with E-state index in [4.69, 9.17) is 14.3 Å². The minimum absolute atomic E-state index is 0.0616. The number of fused-ring (bicyclic) bond motifs is 1. The van der Waals surface area contributed by atoms with E-state index in [1.165, 1.54) is 31.4 Å². The van der Waals surface area contributed by atoms with Gasteiger partial charge in [0.15, 0.2) is 5.84 Å². The maximum Gasteiger partial charge on any atom is 0.380 e. The Morgan fingerprint density at radius 3 is 2.67 bits per heavy atom. The van der Waals surface area contributed by atoms with Crippen LogP contribution in [0.2, 0.25) is 0 Å². The Hall–Kier alpha value is -3.60. The van der Waals surface area contributed by atoms with Crippen LogP contribution in [0.15, 0.2) is 53.2 Å². The number of oxime groups is 1. The van der Waals surface area contributed by atoms with E-state index in [1.54, 1.807) is 36.9 Å². The number of halogens is 1. The van der Waals surface area contributed by atoms with Crippen molar-refractivity contribution in [1.82, 2.24) is 4.90 Å². The Labute approximate surface area is 209 Å². The van der Waals surface area contributed by atoms with Crippen LogP contribution in [0.4, 0.5) is 10.1 Å². The first kappa shape index (κ1) is 25.5. The number of ether oxygens (including phenoxy) is 2. The molecule has 36 heavy (non-hydrogen) atoms. The highest BCUT2D eigenvalue weighted by molar-refractivity contribution is 7.92. The zero-order valence-corrected chi connectivity index (χ0v) is 21.1. The maximum atomic E-state index is 13.6. The molecule has 0 spiro atoms. The topological polar surface area (TPSA) is 107 Å². The number of nitrogens with zero attached hydrogens (tertiary/aromatic N) is 2. The highest BCUT2D eigenvalue weighted by Gasteiger charge is 2.57. The quantitative estimate of drug-likeness (QED) is 0.531. The van der Waals surface area contributed by atoms with Crippen LogP contribution in [-0.2, 0) is 30.1 Å². The molecule has 2 aromatic carbocycles. The van der Waals surface area contributed by atoms with Gasteiger partial charge in [-0.25, -0.2) is 17.6 Å². The van der Waals surface area contributed by atoms with Gasteiger partial charge in [-0.05, 0) is 80.3 Å². The van der Waals surface area contributed by atoms with E-state index >= 15 is 0 Å². The lowest BCUT2D eigenvalue weighted by atomic mass is 9.94. The van der Waals surface area contributed by atoms with Crippen molar-refractivity contribution >= 4 is 33.6 Å². The van der Waals surface area contributed by atoms with Crippen molar-refractivity contribution < 1.29 is 31.9 Å². The molecule has 11 heteroatoms. The molecule has 192 valence electrons. The zero-order chi connectivity index (χ0) is 25.9. The van der Waals surface area contributed by atoms with Gasteiger partial charge in [0.25, 0.3) is 0 Å². The van der Waals surface area contributed by atoms with Crippen molar-refractivity contribution in [3.05, 3.63) is 65.0 Å². The van der Waals surface area contributed by atoms with Crippen molar-refractivity contribution in [3.8, 4) is 5.75 Å². The fraction of sp³-hybridized carbons (Fsp3) is 0.360. The minimum Gasteiger partial charge on any atom is -0.495 e. The van der Waals surface area contributed by atoms with Crippen LogP contribution in [-0.4, -0.2) is 51.1 Å². The summed E-state index contributed by atoms with van der Waals surface area (Å²) in [6, 6.07) is 10.6. The van der Waals surface area contributed by atoms with Crippen LogP contribution < -0.4 is 9.46 Å². The molecule has 0 saturated carbocycles. The highest BCUT2D eigenvalue weighted by atomic mass is 32.2. The molecule has 0 radical (unpaired) electrons. The van der Waals surface area contributed by atoms with Crippen molar-refractivity contribution in [1.29, 1.82) is 0 Å². The first-order valence-corrected chi connectivity index (χ1v) is 13.3. The predicted molar refractivity (Wildman–Crippen MR) is 133 cm³/mol. The van der Waals surface area contributed by atoms with Crippen LogP contribution in [0, 0.1) is 5.82 Å². The van der Waals surface area contributed by atoms with Gasteiger partial charge in [0, 0.05) is 12.1 Å². The summed E-state index contributed by atoms with van der Waals surface area (Å²) in [6.07, 6.45) is 3.27. The number of rotatable bonds is 8. The summed E-state index contributed by atoms with van der Waals surface area (Å²) in [5.41, 5.74) is 0.667. The van der Waals surface area contributed by atoms with E-state index < -0.39 is 27.5 Å². The van der Waals surface area contributed by atoms with Crippen molar-refractivity contribution in [3.63, 3.8) is 0 Å². The third-order valence-corrected chi connectivity index (χ3v) is 7.31. The van der Waals surface area contributed by atoms with Gasteiger partial charge in [-0.15, -0.1) is 0 Å². The molecule has 1 N–H and O–H groups in total. The van der Waals surface area contributed by atoms with E-state index in [-0.39, 0.29) is 12.4 Å². The van der Waals surface area contributed by atoms with Crippen molar-refractivity contribution in [2.75, 3.05) is 30.7 Å². The number of carbonyl (C=O) groups excluding carboxylic acids is 1. The zero-order valence-electron chi connectivity index (χ0n) is 20.3. The van der Waals surface area contributed by atoms with Gasteiger partial charge in [-0.1, -0.05) is 11.2 Å². The van der Waals surface area contributed by atoms with E-state index in [0.29, 0.717) is 42.2 Å². The van der Waals surface area contributed by atoms with Gasteiger partial charge in [0.05, 0.1) is 25.2 Å². The number of piperidine rings is 1. The number of sulfonamides is 1. The molecule has 2 aliphatic rings. The normalized spacial score (nSPS) is 20.4. The Morgan fingerprint density at radius 2 is 2.00 bits per heavy atom. The second kappa shape index (κ2) is 10.2. The Balaban J connectivity index is 1.69. The smallest absolute Gasteiger partial charge is 0.380 e. The lowest BCUT2D eigenvalue weighted by Crippen LogP contribution is -2.54. The molecule has 2 heterocycles. The number of methoxy groups -OCH3 is 1. The fourth-order valence-corrected chi connectivity index (χ4v) is 4.88. The van der Waals surface area contributed by atoms with Gasteiger partial charge >= 0.3 is 11.7 Å². The number of anilines is 1. The number of nitrogens with one attached hydrogen (secondary N) is 1. The van der Waals surface area contributed by atoms with Crippen LogP contribution in [0.1, 0.15) is 37.8 Å². The lowest BCUT2D eigenvalue weighted by Gasteiger charge is -2.37. The van der Waals surface area contributed by atoms with Gasteiger partial charge in [0.2, 0.25) is 10.0 Å². The Bertz CT molecular complexity index is 1310. The average molecular weight is 518 g/mol. The maximum absolute atomic E-state index is 13.6. The van der Waals surface area contributed by atoms with Crippen LogP contribution >= 0.6 is 0 Å². The highest BCUT2D eigenvalue weighted by Crippen LogP contribution is 2.41. The number of esters is 1. The summed E-state index contributed by atoms with van der Waals surface area (Å²) in [6.45, 7) is 3.87. The van der Waals surface area contributed by atoms with Gasteiger partial charge in [-0.3, -0.25) is 4.72 Å². The molecule has 2 aromatic rings. The Morgan fingerprint density at radius 1 is 1.25 bits per heavy atom. The average Bonchev–Trinajstić information content (AvgIpc) is 3.27. The summed E-state index contributed by atoms with van der Waals surface area (Å²) in [5.74, 6) is -0.284. The van der Waals surface area contributed by atoms with Crippen LogP contribution in [0.25, 0.3) is 6.08 Å². The molecular formula is C25H28FN3O6S. The molecule has 1 unspecified atom stereocenters. The minimum atomic E-state index is -3.47. The summed E-state index contributed by atoms with van der Waals surface area (Å²) in [4.78, 5) is 20.7. The first-order chi connectivity index (χ1) is 17.2. The number of hydrogen-bond acceptors (Lipinski definition) is 8. The molecular weight excluding hydrogens is 489 g/mol. The molecule has 0 aromatic heterocycles. The predicted octanol–water partition coefficient (Wildman–Crippen LogP) is 3.83. The monoisotopic (exact) mass is 517 g/mol. The van der Waals surface area contributed by atoms with Gasteiger partial charge in [0.1, 0.15) is 11.6 Å². The molecule has 2 aliphatic heterocycles. The molecule has 9 nitrogen and oxygen atoms in total. The number of hydrogen-bond donors (Lipinski definition) is 1. The molecule has 1 saturated heterocycles. The molecule has 0 amide bonds. The number of carbonyl (C=O) groups is 1. The molecule has 4 rings (SSSR count). The van der Waals surface area contributed by atoms with E-state index in [0.717, 1.165) is 11.1 Å². The van der Waals surface area contributed by atoms with Crippen LogP contribution in [0.3, 0.4) is 0 Å². The van der Waals surface area contributed by atoms with E-state index in [9.17, 15) is 17.6 Å². The summed E-state index contributed by atoms with van der Waals surface area (Å²) >= 11 is 0. The second-order valence-corrected chi connectivity index (χ2v) is 10.3. The molecule has 0 bridgehead atoms. The SMILES string of the molecule is CCOC(=O)C1(c2ccc(F)cc2)ON=C2C(=Cc3ccc(NS(=O)(=O)CC)c(OC)c3)CCCN21. The van der Waals surface area contributed by atoms with E-state index in [1.807, 2.05) is 6.08 Å². The standard InChI is InChI=1S/C25H28FN3O6S/c1-4-34-24(30)25(19-9-11-20(26)12-10-19)29-14-6-7-18(23(29)27-35-25)15-17-8-13-21(22(16-17)33-3)28-36(31,32)5-2/h8-13,15-16,28H,4-7,14H2,1-3H3. The summed E-state index contributed by atoms with van der Waals surface area (Å²) in [5, 5.41) is 4.27. The van der Waals surface area contributed by atoms with Gasteiger partial charge in [-0.2, -0.15) is 0 Å². The fourth-order valence-electron chi connectivity index (χ4n) is 4.23. The molecule has 1 fully saturated rings.